The van der Waals surface area contributed by atoms with E-state index in [4.69, 9.17) is 5.26 Å². The molecule has 0 unspecified atom stereocenters. The van der Waals surface area contributed by atoms with E-state index in [9.17, 15) is 0 Å². The van der Waals surface area contributed by atoms with Crippen molar-refractivity contribution in [3.63, 3.8) is 0 Å². The molecule has 2 nitrogen and oxygen atoms in total. The number of halogens is 1. The molecule has 0 saturated heterocycles. The number of hydrogen-bond donors (Lipinski definition) is 1. The largest absolute Gasteiger partial charge is 0.309 e. The maximum absolute atomic E-state index is 8.71. The van der Waals surface area contributed by atoms with Crippen molar-refractivity contribution in [2.24, 2.45) is 0 Å². The first kappa shape index (κ1) is 12.8. The molecular formula is C15H13BrN2. The van der Waals surface area contributed by atoms with E-state index in [-0.39, 0.29) is 0 Å². The Morgan fingerprint density at radius 1 is 0.889 bits per heavy atom. The van der Waals surface area contributed by atoms with Gasteiger partial charge < -0.3 is 5.32 Å². The molecule has 2 aromatic carbocycles. The summed E-state index contributed by atoms with van der Waals surface area (Å²) in [7, 11) is 0. The van der Waals surface area contributed by atoms with Crippen LogP contribution in [0.5, 0.6) is 0 Å². The Balaban J connectivity index is 1.84. The van der Waals surface area contributed by atoms with Gasteiger partial charge in [0.2, 0.25) is 0 Å². The molecule has 0 aliphatic rings. The minimum Gasteiger partial charge on any atom is -0.309 e. The predicted molar refractivity (Wildman–Crippen MR) is 75.8 cm³/mol. The van der Waals surface area contributed by atoms with Crippen molar-refractivity contribution in [2.75, 3.05) is 0 Å². The fourth-order valence-corrected chi connectivity index (χ4v) is 1.91. The molecule has 18 heavy (non-hydrogen) atoms. The van der Waals surface area contributed by atoms with Crippen molar-refractivity contribution in [2.45, 2.75) is 13.1 Å². The third-order valence-electron chi connectivity index (χ3n) is 2.65. The third kappa shape index (κ3) is 3.69. The normalized spacial score (nSPS) is 10.0. The Hall–Kier alpha value is -1.63. The minimum absolute atomic E-state index is 0.701. The van der Waals surface area contributed by atoms with Gasteiger partial charge in [-0.3, -0.25) is 0 Å². The van der Waals surface area contributed by atoms with Gasteiger partial charge in [0.15, 0.2) is 0 Å². The molecule has 0 saturated carbocycles. The zero-order valence-corrected chi connectivity index (χ0v) is 11.4. The lowest BCUT2D eigenvalue weighted by molar-refractivity contribution is 0.693. The van der Waals surface area contributed by atoms with Crippen molar-refractivity contribution < 1.29 is 0 Å². The first-order valence-corrected chi connectivity index (χ1v) is 6.51. The van der Waals surface area contributed by atoms with Gasteiger partial charge in [0.05, 0.1) is 11.6 Å². The quantitative estimate of drug-likeness (QED) is 0.936. The average Bonchev–Trinajstić information content (AvgIpc) is 2.42. The number of nitrogens with one attached hydrogen (secondary N) is 1. The zero-order chi connectivity index (χ0) is 12.8. The molecule has 0 heterocycles. The number of nitrogens with zero attached hydrogens (tertiary/aromatic N) is 1. The number of rotatable bonds is 4. The lowest BCUT2D eigenvalue weighted by Crippen LogP contribution is -2.12. The number of hydrogen-bond acceptors (Lipinski definition) is 2. The molecule has 0 amide bonds. The molecule has 0 aromatic heterocycles. The molecule has 3 heteroatoms. The van der Waals surface area contributed by atoms with Crippen molar-refractivity contribution in [3.8, 4) is 6.07 Å². The Morgan fingerprint density at radius 3 is 1.89 bits per heavy atom. The van der Waals surface area contributed by atoms with Crippen LogP contribution in [0.3, 0.4) is 0 Å². The summed E-state index contributed by atoms with van der Waals surface area (Å²) in [6, 6.07) is 18.0. The lowest BCUT2D eigenvalue weighted by atomic mass is 10.1. The van der Waals surface area contributed by atoms with E-state index in [1.54, 1.807) is 0 Å². The van der Waals surface area contributed by atoms with Gasteiger partial charge in [0.25, 0.3) is 0 Å². The highest BCUT2D eigenvalue weighted by Crippen LogP contribution is 2.10. The summed E-state index contributed by atoms with van der Waals surface area (Å²) >= 11 is 3.42. The fourth-order valence-electron chi connectivity index (χ4n) is 1.65. The molecule has 0 aliphatic carbocycles. The highest BCUT2D eigenvalue weighted by molar-refractivity contribution is 9.10. The molecule has 0 aliphatic heterocycles. The van der Waals surface area contributed by atoms with Crippen LogP contribution in [0.1, 0.15) is 16.7 Å². The minimum atomic E-state index is 0.701. The summed E-state index contributed by atoms with van der Waals surface area (Å²) in [5.41, 5.74) is 3.14. The average molecular weight is 301 g/mol. The topological polar surface area (TPSA) is 35.8 Å². The van der Waals surface area contributed by atoms with Gasteiger partial charge in [-0.15, -0.1) is 0 Å². The van der Waals surface area contributed by atoms with Crippen LogP contribution in [0.25, 0.3) is 0 Å². The van der Waals surface area contributed by atoms with Crippen LogP contribution < -0.4 is 5.32 Å². The van der Waals surface area contributed by atoms with Crippen LogP contribution >= 0.6 is 15.9 Å². The van der Waals surface area contributed by atoms with Crippen LogP contribution in [-0.2, 0) is 13.1 Å². The first-order valence-electron chi connectivity index (χ1n) is 5.72. The second-order valence-electron chi connectivity index (χ2n) is 4.04. The Kier molecular flexibility index (Phi) is 4.52. The third-order valence-corrected chi connectivity index (χ3v) is 3.18. The van der Waals surface area contributed by atoms with Crippen molar-refractivity contribution in [1.29, 1.82) is 5.26 Å². The molecule has 0 fully saturated rings. The SMILES string of the molecule is N#Cc1ccc(CNCc2ccc(Br)cc2)cc1. The summed E-state index contributed by atoms with van der Waals surface area (Å²) in [5, 5.41) is 12.1. The van der Waals surface area contributed by atoms with Crippen LogP contribution in [-0.4, -0.2) is 0 Å². The van der Waals surface area contributed by atoms with E-state index in [1.807, 2.05) is 36.4 Å². The van der Waals surface area contributed by atoms with Crippen molar-refractivity contribution >= 4 is 15.9 Å². The van der Waals surface area contributed by atoms with Crippen molar-refractivity contribution in [1.82, 2.24) is 5.32 Å². The zero-order valence-electron chi connectivity index (χ0n) is 9.86. The summed E-state index contributed by atoms with van der Waals surface area (Å²) < 4.78 is 1.10. The summed E-state index contributed by atoms with van der Waals surface area (Å²) in [6.45, 7) is 1.65. The lowest BCUT2D eigenvalue weighted by Gasteiger charge is -2.05. The maximum atomic E-state index is 8.71. The molecular weight excluding hydrogens is 288 g/mol. The van der Waals surface area contributed by atoms with Gasteiger partial charge in [0.1, 0.15) is 0 Å². The molecule has 2 rings (SSSR count). The van der Waals surface area contributed by atoms with Crippen LogP contribution in [0.2, 0.25) is 0 Å². The molecule has 0 atom stereocenters. The first-order chi connectivity index (χ1) is 8.78. The van der Waals surface area contributed by atoms with Gasteiger partial charge in [-0.05, 0) is 35.4 Å². The molecule has 2 aromatic rings. The predicted octanol–water partition coefficient (Wildman–Crippen LogP) is 3.61. The molecule has 90 valence electrons. The van der Waals surface area contributed by atoms with E-state index < -0.39 is 0 Å². The van der Waals surface area contributed by atoms with E-state index in [0.717, 1.165) is 17.6 Å². The van der Waals surface area contributed by atoms with E-state index in [1.165, 1.54) is 11.1 Å². The standard InChI is InChI=1S/C15H13BrN2/c16-15-7-5-14(6-8-15)11-18-10-13-3-1-12(9-17)2-4-13/h1-8,18H,10-11H2. The highest BCUT2D eigenvalue weighted by Gasteiger charge is 1.95. The monoisotopic (exact) mass is 300 g/mol. The Morgan fingerprint density at radius 2 is 1.39 bits per heavy atom. The molecule has 0 radical (unpaired) electrons. The van der Waals surface area contributed by atoms with E-state index in [0.29, 0.717) is 5.56 Å². The summed E-state index contributed by atoms with van der Waals surface area (Å²) in [4.78, 5) is 0. The molecule has 0 bridgehead atoms. The van der Waals surface area contributed by atoms with E-state index >= 15 is 0 Å². The Labute approximate surface area is 115 Å². The smallest absolute Gasteiger partial charge is 0.0991 e. The number of benzene rings is 2. The van der Waals surface area contributed by atoms with Crippen molar-refractivity contribution in [3.05, 3.63) is 69.7 Å². The van der Waals surface area contributed by atoms with Gasteiger partial charge in [-0.1, -0.05) is 40.2 Å². The Bertz CT molecular complexity index is 538. The van der Waals surface area contributed by atoms with Crippen LogP contribution in [0.15, 0.2) is 53.0 Å². The summed E-state index contributed by atoms with van der Waals surface area (Å²) in [5.74, 6) is 0. The van der Waals surface area contributed by atoms with E-state index in [2.05, 4.69) is 39.4 Å². The van der Waals surface area contributed by atoms with Gasteiger partial charge in [-0.2, -0.15) is 5.26 Å². The van der Waals surface area contributed by atoms with Gasteiger partial charge in [-0.25, -0.2) is 0 Å². The van der Waals surface area contributed by atoms with Gasteiger partial charge in [0, 0.05) is 17.6 Å². The second-order valence-corrected chi connectivity index (χ2v) is 4.95. The molecule has 0 spiro atoms. The number of nitriles is 1. The van der Waals surface area contributed by atoms with Crippen LogP contribution in [0.4, 0.5) is 0 Å². The summed E-state index contributed by atoms with van der Waals surface area (Å²) in [6.07, 6.45) is 0. The van der Waals surface area contributed by atoms with Gasteiger partial charge >= 0.3 is 0 Å². The maximum Gasteiger partial charge on any atom is 0.0991 e. The second kappa shape index (κ2) is 6.34. The highest BCUT2D eigenvalue weighted by atomic mass is 79.9. The van der Waals surface area contributed by atoms with Crippen LogP contribution in [0, 0.1) is 11.3 Å². The fraction of sp³-hybridized carbons (Fsp3) is 0.133. The molecule has 1 N–H and O–H groups in total.